The van der Waals surface area contributed by atoms with Crippen LogP contribution in [0.25, 0.3) is 0 Å². The molecule has 1 aliphatic heterocycles. The van der Waals surface area contributed by atoms with Crippen molar-refractivity contribution in [1.29, 1.82) is 0 Å². The molecule has 1 heterocycles. The lowest BCUT2D eigenvalue weighted by Crippen LogP contribution is -2.38. The zero-order chi connectivity index (χ0) is 17.0. The molecular formula is C19H28N2O2. The van der Waals surface area contributed by atoms with Crippen LogP contribution in [0.2, 0.25) is 0 Å². The maximum Gasteiger partial charge on any atom is 0.253 e. The molecule has 0 spiro atoms. The van der Waals surface area contributed by atoms with Crippen LogP contribution >= 0.6 is 0 Å². The maximum absolute atomic E-state index is 12.6. The number of carbonyl (C=O) groups is 2. The maximum atomic E-state index is 12.6. The number of amides is 2. The molecule has 1 aliphatic rings. The van der Waals surface area contributed by atoms with Crippen molar-refractivity contribution in [3.63, 3.8) is 0 Å². The van der Waals surface area contributed by atoms with Crippen molar-refractivity contribution in [2.45, 2.75) is 40.5 Å². The Balaban J connectivity index is 1.98. The molecule has 126 valence electrons. The summed E-state index contributed by atoms with van der Waals surface area (Å²) in [5.74, 6) is 0.265. The Morgan fingerprint density at radius 1 is 1.04 bits per heavy atom. The number of benzene rings is 1. The van der Waals surface area contributed by atoms with Gasteiger partial charge in [0.25, 0.3) is 5.91 Å². The topological polar surface area (TPSA) is 40.6 Å². The summed E-state index contributed by atoms with van der Waals surface area (Å²) in [5.41, 5.74) is 1.83. The quantitative estimate of drug-likeness (QED) is 0.841. The molecule has 4 heteroatoms. The molecule has 0 unspecified atom stereocenters. The van der Waals surface area contributed by atoms with E-state index in [1.165, 1.54) is 0 Å². The highest BCUT2D eigenvalue weighted by molar-refractivity contribution is 5.94. The highest BCUT2D eigenvalue weighted by Gasteiger charge is 2.25. The third-order valence-corrected chi connectivity index (χ3v) is 4.08. The smallest absolute Gasteiger partial charge is 0.253 e. The average molecular weight is 316 g/mol. The number of carbonyl (C=O) groups excluding carboxylic acids is 2. The Kier molecular flexibility index (Phi) is 5.45. The van der Waals surface area contributed by atoms with E-state index >= 15 is 0 Å². The van der Waals surface area contributed by atoms with Gasteiger partial charge in [0.15, 0.2) is 0 Å². The first kappa shape index (κ1) is 17.5. The summed E-state index contributed by atoms with van der Waals surface area (Å²) < 4.78 is 0. The van der Waals surface area contributed by atoms with E-state index in [4.69, 9.17) is 0 Å². The van der Waals surface area contributed by atoms with Gasteiger partial charge in [-0.2, -0.15) is 0 Å². The normalized spacial score (nSPS) is 16.2. The van der Waals surface area contributed by atoms with E-state index in [0.29, 0.717) is 26.1 Å². The van der Waals surface area contributed by atoms with Crippen molar-refractivity contribution >= 4 is 11.8 Å². The first-order valence-electron chi connectivity index (χ1n) is 8.40. The van der Waals surface area contributed by atoms with E-state index < -0.39 is 0 Å². The molecule has 0 aromatic heterocycles. The van der Waals surface area contributed by atoms with Gasteiger partial charge in [-0.1, -0.05) is 38.5 Å². The van der Waals surface area contributed by atoms with Gasteiger partial charge in [-0.3, -0.25) is 9.59 Å². The molecule has 23 heavy (non-hydrogen) atoms. The van der Waals surface area contributed by atoms with Crippen LogP contribution in [0.15, 0.2) is 24.3 Å². The number of rotatable bonds is 2. The van der Waals surface area contributed by atoms with E-state index in [9.17, 15) is 9.59 Å². The molecule has 0 radical (unpaired) electrons. The minimum atomic E-state index is 0.000456. The molecule has 0 N–H and O–H groups in total. The fourth-order valence-corrected chi connectivity index (χ4v) is 2.90. The molecule has 0 atom stereocenters. The summed E-state index contributed by atoms with van der Waals surface area (Å²) in [6.45, 7) is 10.9. The molecule has 0 bridgehead atoms. The average Bonchev–Trinajstić information content (AvgIpc) is 2.70. The second-order valence-electron chi connectivity index (χ2n) is 7.63. The third kappa shape index (κ3) is 5.08. The second kappa shape index (κ2) is 7.16. The van der Waals surface area contributed by atoms with Crippen LogP contribution in [0.4, 0.5) is 0 Å². The predicted molar refractivity (Wildman–Crippen MR) is 92.4 cm³/mol. The summed E-state index contributed by atoms with van der Waals surface area (Å²) >= 11 is 0. The summed E-state index contributed by atoms with van der Waals surface area (Å²) in [6, 6.07) is 7.70. The Bertz CT molecular complexity index is 575. The van der Waals surface area contributed by atoms with Gasteiger partial charge in [0.05, 0.1) is 0 Å². The van der Waals surface area contributed by atoms with Crippen LogP contribution in [0.5, 0.6) is 0 Å². The van der Waals surface area contributed by atoms with Crippen molar-refractivity contribution in [2.24, 2.45) is 5.41 Å². The largest absolute Gasteiger partial charge is 0.341 e. The first-order chi connectivity index (χ1) is 10.8. The van der Waals surface area contributed by atoms with Crippen LogP contribution in [0, 0.1) is 12.3 Å². The SMILES string of the molecule is Cc1cccc(C(=O)N2CCCN(C(=O)CC(C)(C)C)CC2)c1. The molecule has 1 saturated heterocycles. The number of hydrogen-bond acceptors (Lipinski definition) is 2. The summed E-state index contributed by atoms with van der Waals surface area (Å²) in [4.78, 5) is 28.8. The van der Waals surface area contributed by atoms with Crippen molar-refractivity contribution in [1.82, 2.24) is 9.80 Å². The summed E-state index contributed by atoms with van der Waals surface area (Å²) in [6.07, 6.45) is 1.40. The van der Waals surface area contributed by atoms with Crippen LogP contribution in [-0.4, -0.2) is 47.8 Å². The van der Waals surface area contributed by atoms with Crippen molar-refractivity contribution in [3.8, 4) is 0 Å². The van der Waals surface area contributed by atoms with E-state index in [1.54, 1.807) is 0 Å². The minimum absolute atomic E-state index is 0.000456. The van der Waals surface area contributed by atoms with Gasteiger partial charge < -0.3 is 9.80 Å². The van der Waals surface area contributed by atoms with Gasteiger partial charge in [-0.15, -0.1) is 0 Å². The lowest BCUT2D eigenvalue weighted by molar-refractivity contribution is -0.132. The van der Waals surface area contributed by atoms with Gasteiger partial charge in [0, 0.05) is 38.2 Å². The van der Waals surface area contributed by atoms with Gasteiger partial charge in [0.1, 0.15) is 0 Å². The Morgan fingerprint density at radius 3 is 2.35 bits per heavy atom. The van der Waals surface area contributed by atoms with Crippen LogP contribution in [0.1, 0.15) is 49.5 Å². The predicted octanol–water partition coefficient (Wildman–Crippen LogP) is 3.11. The zero-order valence-electron chi connectivity index (χ0n) is 14.8. The van der Waals surface area contributed by atoms with Gasteiger partial charge in [-0.05, 0) is 30.9 Å². The molecule has 2 amide bonds. The van der Waals surface area contributed by atoms with Gasteiger partial charge in [0.2, 0.25) is 5.91 Å². The van der Waals surface area contributed by atoms with Crippen LogP contribution in [-0.2, 0) is 4.79 Å². The number of aryl methyl sites for hydroxylation is 1. The van der Waals surface area contributed by atoms with Gasteiger partial charge >= 0.3 is 0 Å². The molecular weight excluding hydrogens is 288 g/mol. The lowest BCUT2D eigenvalue weighted by atomic mass is 9.91. The summed E-state index contributed by atoms with van der Waals surface area (Å²) in [5, 5.41) is 0. The minimum Gasteiger partial charge on any atom is -0.341 e. The second-order valence-corrected chi connectivity index (χ2v) is 7.63. The number of nitrogens with zero attached hydrogens (tertiary/aromatic N) is 2. The molecule has 1 aromatic rings. The van der Waals surface area contributed by atoms with Crippen molar-refractivity contribution in [2.75, 3.05) is 26.2 Å². The molecule has 1 aromatic carbocycles. The molecule has 4 nitrogen and oxygen atoms in total. The Morgan fingerprint density at radius 2 is 1.70 bits per heavy atom. The highest BCUT2D eigenvalue weighted by atomic mass is 16.2. The van der Waals surface area contributed by atoms with E-state index in [2.05, 4.69) is 20.8 Å². The van der Waals surface area contributed by atoms with Crippen molar-refractivity contribution in [3.05, 3.63) is 35.4 Å². The van der Waals surface area contributed by atoms with E-state index in [0.717, 1.165) is 24.1 Å². The van der Waals surface area contributed by atoms with Gasteiger partial charge in [-0.25, -0.2) is 0 Å². The lowest BCUT2D eigenvalue weighted by Gasteiger charge is -2.25. The van der Waals surface area contributed by atoms with Crippen LogP contribution in [0.3, 0.4) is 0 Å². The Hall–Kier alpha value is -1.84. The summed E-state index contributed by atoms with van der Waals surface area (Å²) in [7, 11) is 0. The monoisotopic (exact) mass is 316 g/mol. The van der Waals surface area contributed by atoms with Crippen LogP contribution < -0.4 is 0 Å². The van der Waals surface area contributed by atoms with Crippen molar-refractivity contribution < 1.29 is 9.59 Å². The standard InChI is InChI=1S/C19H28N2O2/c1-15-7-5-8-16(13-15)18(23)21-10-6-9-20(11-12-21)17(22)14-19(2,3)4/h5,7-8,13H,6,9-12,14H2,1-4H3. The molecule has 0 aliphatic carbocycles. The first-order valence-corrected chi connectivity index (χ1v) is 8.40. The Labute approximate surface area is 139 Å². The highest BCUT2D eigenvalue weighted by Crippen LogP contribution is 2.20. The molecule has 2 rings (SSSR count). The number of hydrogen-bond donors (Lipinski definition) is 0. The fraction of sp³-hybridized carbons (Fsp3) is 0.579. The van der Waals surface area contributed by atoms with E-state index in [-0.39, 0.29) is 17.2 Å². The molecule has 0 saturated carbocycles. The zero-order valence-corrected chi connectivity index (χ0v) is 14.8. The fourth-order valence-electron chi connectivity index (χ4n) is 2.90. The van der Waals surface area contributed by atoms with E-state index in [1.807, 2.05) is 41.0 Å². The molecule has 1 fully saturated rings. The third-order valence-electron chi connectivity index (χ3n) is 4.08.